The molecule has 1 atom stereocenters. The maximum Gasteiger partial charge on any atom is 0.338 e. The first-order chi connectivity index (χ1) is 12.7. The molecule has 138 valence electrons. The lowest BCUT2D eigenvalue weighted by molar-refractivity contribution is 0.00693. The molecule has 3 rings (SSSR count). The highest BCUT2D eigenvalue weighted by atomic mass is 79.9. The van der Waals surface area contributed by atoms with Crippen LogP contribution in [0.3, 0.4) is 0 Å². The molecule has 1 heterocycles. The standard InChI is InChI=1S/C21H19BrN2O3/c1-21(2,3)27-20(26)13-5-7-15(17(22)9-13)19(25)16-11-24-18-8-12(10-23)4-6-14(16)18/h4-9,11,19,24-25H,1-3H3. The van der Waals surface area contributed by atoms with Gasteiger partial charge < -0.3 is 14.8 Å². The van der Waals surface area contributed by atoms with Crippen molar-refractivity contribution in [1.82, 2.24) is 4.98 Å². The van der Waals surface area contributed by atoms with E-state index < -0.39 is 17.7 Å². The van der Waals surface area contributed by atoms with E-state index in [1.54, 1.807) is 36.5 Å². The molecule has 0 aliphatic carbocycles. The monoisotopic (exact) mass is 426 g/mol. The van der Waals surface area contributed by atoms with Gasteiger partial charge in [-0.1, -0.05) is 28.1 Å². The van der Waals surface area contributed by atoms with Gasteiger partial charge in [-0.25, -0.2) is 4.79 Å². The Bertz CT molecular complexity index is 1060. The summed E-state index contributed by atoms with van der Waals surface area (Å²) in [5.41, 5.74) is 2.49. The van der Waals surface area contributed by atoms with E-state index in [4.69, 9.17) is 10.00 Å². The fourth-order valence-corrected chi connectivity index (χ4v) is 3.42. The smallest absolute Gasteiger partial charge is 0.338 e. The van der Waals surface area contributed by atoms with Gasteiger partial charge in [0.05, 0.1) is 17.2 Å². The Hall–Kier alpha value is -2.62. The Kier molecular flexibility index (Phi) is 5.09. The summed E-state index contributed by atoms with van der Waals surface area (Å²) in [4.78, 5) is 15.3. The Morgan fingerprint density at radius 1 is 1.22 bits per heavy atom. The number of H-pyrrole nitrogens is 1. The molecule has 6 heteroatoms. The molecule has 5 nitrogen and oxygen atoms in total. The SMILES string of the molecule is CC(C)(C)OC(=O)c1ccc(C(O)c2c[nH]c3cc(C#N)ccc23)c(Br)c1. The van der Waals surface area contributed by atoms with Crippen LogP contribution in [0.1, 0.15) is 53.9 Å². The third kappa shape index (κ3) is 4.05. The van der Waals surface area contributed by atoms with Crippen molar-refractivity contribution < 1.29 is 14.6 Å². The summed E-state index contributed by atoms with van der Waals surface area (Å²) >= 11 is 3.45. The Balaban J connectivity index is 1.93. The van der Waals surface area contributed by atoms with Gasteiger partial charge in [0.25, 0.3) is 0 Å². The van der Waals surface area contributed by atoms with Crippen molar-refractivity contribution >= 4 is 32.8 Å². The normalized spacial score (nSPS) is 12.6. The molecule has 0 saturated heterocycles. The molecular formula is C21H19BrN2O3. The summed E-state index contributed by atoms with van der Waals surface area (Å²) in [6, 6.07) is 12.4. The number of ether oxygens (including phenoxy) is 1. The van der Waals surface area contributed by atoms with Gasteiger partial charge in [0.15, 0.2) is 0 Å². The van der Waals surface area contributed by atoms with E-state index in [1.807, 2.05) is 26.8 Å². The second-order valence-corrected chi connectivity index (χ2v) is 8.11. The minimum absolute atomic E-state index is 0.408. The summed E-state index contributed by atoms with van der Waals surface area (Å²) in [6.45, 7) is 5.44. The lowest BCUT2D eigenvalue weighted by Gasteiger charge is -2.20. The molecule has 0 bridgehead atoms. The zero-order valence-corrected chi connectivity index (χ0v) is 16.8. The number of benzene rings is 2. The van der Waals surface area contributed by atoms with Crippen LogP contribution in [0.15, 0.2) is 47.1 Å². The van der Waals surface area contributed by atoms with E-state index >= 15 is 0 Å². The van der Waals surface area contributed by atoms with Crippen LogP contribution in [0.2, 0.25) is 0 Å². The largest absolute Gasteiger partial charge is 0.456 e. The quantitative estimate of drug-likeness (QED) is 0.586. The number of hydrogen-bond donors (Lipinski definition) is 2. The van der Waals surface area contributed by atoms with Crippen molar-refractivity contribution in [3.63, 3.8) is 0 Å². The third-order valence-corrected chi connectivity index (χ3v) is 4.75. The predicted octanol–water partition coefficient (Wildman–Crippen LogP) is 4.84. The lowest BCUT2D eigenvalue weighted by Crippen LogP contribution is -2.23. The van der Waals surface area contributed by atoms with Crippen molar-refractivity contribution in [3.8, 4) is 6.07 Å². The molecule has 27 heavy (non-hydrogen) atoms. The van der Waals surface area contributed by atoms with Gasteiger partial charge in [-0.05, 0) is 50.6 Å². The second kappa shape index (κ2) is 7.18. The number of nitriles is 1. The van der Waals surface area contributed by atoms with Crippen LogP contribution in [0, 0.1) is 11.3 Å². The molecular weight excluding hydrogens is 408 g/mol. The van der Waals surface area contributed by atoms with Crippen molar-refractivity contribution in [2.24, 2.45) is 0 Å². The minimum Gasteiger partial charge on any atom is -0.456 e. The van der Waals surface area contributed by atoms with Crippen LogP contribution >= 0.6 is 15.9 Å². The summed E-state index contributed by atoms with van der Waals surface area (Å²) in [5, 5.41) is 20.7. The average Bonchev–Trinajstić information content (AvgIpc) is 3.02. The molecule has 0 fully saturated rings. The molecule has 1 aromatic heterocycles. The second-order valence-electron chi connectivity index (χ2n) is 7.26. The van der Waals surface area contributed by atoms with Crippen molar-refractivity contribution in [2.45, 2.75) is 32.5 Å². The van der Waals surface area contributed by atoms with Gasteiger partial charge in [0.1, 0.15) is 11.7 Å². The topological polar surface area (TPSA) is 86.1 Å². The molecule has 0 radical (unpaired) electrons. The van der Waals surface area contributed by atoms with Crippen LogP contribution in [-0.2, 0) is 4.74 Å². The fourth-order valence-electron chi connectivity index (χ4n) is 2.82. The molecule has 0 saturated carbocycles. The van der Waals surface area contributed by atoms with Crippen LogP contribution in [0.5, 0.6) is 0 Å². The molecule has 3 aromatic rings. The number of aromatic nitrogens is 1. The maximum absolute atomic E-state index is 12.2. The predicted molar refractivity (Wildman–Crippen MR) is 106 cm³/mol. The number of esters is 1. The number of halogens is 1. The van der Waals surface area contributed by atoms with Gasteiger partial charge >= 0.3 is 5.97 Å². The number of nitrogens with one attached hydrogen (secondary N) is 1. The summed E-state index contributed by atoms with van der Waals surface area (Å²) in [6.07, 6.45) is 0.832. The van der Waals surface area contributed by atoms with E-state index in [2.05, 4.69) is 27.0 Å². The summed E-state index contributed by atoms with van der Waals surface area (Å²) < 4.78 is 5.99. The zero-order chi connectivity index (χ0) is 19.8. The summed E-state index contributed by atoms with van der Waals surface area (Å²) in [7, 11) is 0. The van der Waals surface area contributed by atoms with Crippen LogP contribution in [0.4, 0.5) is 0 Å². The molecule has 1 unspecified atom stereocenters. The number of carbonyl (C=O) groups excluding carboxylic acids is 1. The van der Waals surface area contributed by atoms with E-state index in [0.29, 0.717) is 26.7 Å². The molecule has 2 N–H and O–H groups in total. The number of fused-ring (bicyclic) bond motifs is 1. The summed E-state index contributed by atoms with van der Waals surface area (Å²) in [5.74, 6) is -0.416. The number of carbonyl (C=O) groups is 1. The van der Waals surface area contributed by atoms with E-state index in [9.17, 15) is 9.90 Å². The van der Waals surface area contributed by atoms with E-state index in [1.165, 1.54) is 0 Å². The van der Waals surface area contributed by atoms with Gasteiger partial charge in [-0.15, -0.1) is 0 Å². The van der Waals surface area contributed by atoms with Gasteiger partial charge in [-0.3, -0.25) is 0 Å². The average molecular weight is 427 g/mol. The first-order valence-electron chi connectivity index (χ1n) is 8.41. The number of hydrogen-bond acceptors (Lipinski definition) is 4. The van der Waals surface area contributed by atoms with Crippen LogP contribution in [0.25, 0.3) is 10.9 Å². The van der Waals surface area contributed by atoms with Gasteiger partial charge in [0.2, 0.25) is 0 Å². The first kappa shape index (κ1) is 19.2. The zero-order valence-electron chi connectivity index (χ0n) is 15.2. The van der Waals surface area contributed by atoms with E-state index in [0.717, 1.165) is 10.9 Å². The molecule has 0 aliphatic rings. The number of rotatable bonds is 3. The Morgan fingerprint density at radius 3 is 2.59 bits per heavy atom. The molecule has 2 aromatic carbocycles. The fraction of sp³-hybridized carbons (Fsp3) is 0.238. The molecule has 0 spiro atoms. The van der Waals surface area contributed by atoms with Crippen molar-refractivity contribution in [1.29, 1.82) is 5.26 Å². The van der Waals surface area contributed by atoms with Crippen LogP contribution < -0.4 is 0 Å². The highest BCUT2D eigenvalue weighted by Crippen LogP contribution is 2.33. The van der Waals surface area contributed by atoms with Crippen molar-refractivity contribution in [2.75, 3.05) is 0 Å². The Labute approximate surface area is 165 Å². The number of nitrogens with zero attached hydrogens (tertiary/aromatic N) is 1. The van der Waals surface area contributed by atoms with Gasteiger partial charge in [0, 0.05) is 27.1 Å². The molecule has 0 aliphatic heterocycles. The highest BCUT2D eigenvalue weighted by molar-refractivity contribution is 9.10. The van der Waals surface area contributed by atoms with Crippen molar-refractivity contribution in [3.05, 3.63) is 69.3 Å². The number of aromatic amines is 1. The molecule has 0 amide bonds. The number of aliphatic hydroxyl groups is 1. The van der Waals surface area contributed by atoms with Gasteiger partial charge in [-0.2, -0.15) is 5.26 Å². The van der Waals surface area contributed by atoms with E-state index in [-0.39, 0.29) is 0 Å². The Morgan fingerprint density at radius 2 is 1.96 bits per heavy atom. The minimum atomic E-state index is -0.895. The third-order valence-electron chi connectivity index (χ3n) is 4.07. The lowest BCUT2D eigenvalue weighted by atomic mass is 9.99. The maximum atomic E-state index is 12.2. The van der Waals surface area contributed by atoms with Crippen LogP contribution in [-0.4, -0.2) is 21.7 Å². The highest BCUT2D eigenvalue weighted by Gasteiger charge is 2.21. The number of aliphatic hydroxyl groups excluding tert-OH is 1. The first-order valence-corrected chi connectivity index (χ1v) is 9.21.